The molecule has 164 valence electrons. The van der Waals surface area contributed by atoms with E-state index in [0.29, 0.717) is 11.8 Å². The molecule has 2 atom stereocenters. The van der Waals surface area contributed by atoms with E-state index in [1.54, 1.807) is 0 Å². The van der Waals surface area contributed by atoms with Gasteiger partial charge in [-0.1, -0.05) is 66.7 Å². The number of carbonyl (C=O) groups is 1. The van der Waals surface area contributed by atoms with Crippen molar-refractivity contribution in [3.8, 4) is 11.1 Å². The summed E-state index contributed by atoms with van der Waals surface area (Å²) in [5.41, 5.74) is 5.22. The average Bonchev–Trinajstić information content (AvgIpc) is 3.44. The van der Waals surface area contributed by atoms with Gasteiger partial charge in [-0.15, -0.1) is 0 Å². The molecule has 0 aliphatic carbocycles. The highest BCUT2D eigenvalue weighted by Gasteiger charge is 2.42. The van der Waals surface area contributed by atoms with Gasteiger partial charge in [0.2, 0.25) is 0 Å². The predicted molar refractivity (Wildman–Crippen MR) is 133 cm³/mol. The van der Waals surface area contributed by atoms with Crippen LogP contribution in [0.2, 0.25) is 0 Å². The smallest absolute Gasteiger partial charge is 0.254 e. The van der Waals surface area contributed by atoms with Gasteiger partial charge in [-0.3, -0.25) is 4.79 Å². The normalized spacial score (nSPS) is 19.8. The number of carbonyl (C=O) groups excluding carboxylic acids is 1. The minimum absolute atomic E-state index is 0.148. The van der Waals surface area contributed by atoms with E-state index in [2.05, 4.69) is 59.2 Å². The van der Waals surface area contributed by atoms with Crippen LogP contribution in [-0.2, 0) is 0 Å². The zero-order valence-corrected chi connectivity index (χ0v) is 18.8. The number of aromatic nitrogens is 1. The molecule has 0 saturated carbocycles. The molecular formula is C29H27N3O. The molecule has 0 radical (unpaired) electrons. The molecule has 3 heterocycles. The number of nitrogens with zero attached hydrogens (tertiary/aromatic N) is 3. The fourth-order valence-corrected chi connectivity index (χ4v) is 5.55. The first-order chi connectivity index (χ1) is 16.2. The molecule has 2 unspecified atom stereocenters. The summed E-state index contributed by atoms with van der Waals surface area (Å²) in [5.74, 6) is 2.20. The molecule has 2 aliphatic heterocycles. The second-order valence-electron chi connectivity index (χ2n) is 9.36. The maximum absolute atomic E-state index is 13.5. The quantitative estimate of drug-likeness (QED) is 0.433. The molecule has 0 spiro atoms. The van der Waals surface area contributed by atoms with E-state index in [4.69, 9.17) is 4.98 Å². The van der Waals surface area contributed by atoms with E-state index >= 15 is 0 Å². The molecule has 3 aromatic carbocycles. The number of likely N-dealkylation sites (tertiary alicyclic amines) is 1. The Morgan fingerprint density at radius 1 is 0.818 bits per heavy atom. The molecule has 33 heavy (non-hydrogen) atoms. The minimum atomic E-state index is 0.148. The van der Waals surface area contributed by atoms with Crippen LogP contribution in [-0.4, -0.2) is 42.0 Å². The zero-order valence-electron chi connectivity index (χ0n) is 18.8. The van der Waals surface area contributed by atoms with Gasteiger partial charge in [0, 0.05) is 49.0 Å². The first-order valence-electron chi connectivity index (χ1n) is 11.7. The van der Waals surface area contributed by atoms with Crippen molar-refractivity contribution < 1.29 is 4.79 Å². The van der Waals surface area contributed by atoms with Gasteiger partial charge in [-0.25, -0.2) is 4.98 Å². The molecule has 1 amide bonds. The van der Waals surface area contributed by atoms with E-state index < -0.39 is 0 Å². The van der Waals surface area contributed by atoms with Crippen LogP contribution in [0.25, 0.3) is 22.0 Å². The van der Waals surface area contributed by atoms with Crippen molar-refractivity contribution in [2.24, 2.45) is 11.8 Å². The Labute approximate surface area is 194 Å². The van der Waals surface area contributed by atoms with Crippen LogP contribution < -0.4 is 4.90 Å². The first-order valence-corrected chi connectivity index (χ1v) is 11.7. The Kier molecular flexibility index (Phi) is 4.87. The number of hydrogen-bond donors (Lipinski definition) is 0. The highest BCUT2D eigenvalue weighted by molar-refractivity contribution is 6.01. The van der Waals surface area contributed by atoms with Crippen molar-refractivity contribution in [1.82, 2.24) is 9.88 Å². The lowest BCUT2D eigenvalue weighted by atomic mass is 9.99. The Morgan fingerprint density at radius 3 is 2.27 bits per heavy atom. The van der Waals surface area contributed by atoms with Crippen LogP contribution >= 0.6 is 0 Å². The fourth-order valence-electron chi connectivity index (χ4n) is 5.55. The maximum Gasteiger partial charge on any atom is 0.254 e. The third-order valence-corrected chi connectivity index (χ3v) is 7.25. The van der Waals surface area contributed by atoms with Crippen molar-refractivity contribution in [3.63, 3.8) is 0 Å². The number of hydrogen-bond acceptors (Lipinski definition) is 3. The molecule has 2 aliphatic rings. The predicted octanol–water partition coefficient (Wildman–Crippen LogP) is 5.42. The number of amides is 1. The molecule has 4 heteroatoms. The number of aryl methyl sites for hydroxylation is 1. The number of rotatable bonds is 3. The van der Waals surface area contributed by atoms with E-state index in [1.807, 2.05) is 42.5 Å². The van der Waals surface area contributed by atoms with Crippen molar-refractivity contribution >= 4 is 22.6 Å². The fraction of sp³-hybridized carbons (Fsp3) is 0.241. The minimum Gasteiger partial charge on any atom is -0.356 e. The molecule has 4 aromatic rings. The standard InChI is InChI=1S/C29H27N3O/c1-20-15-28(30-27-14-8-7-11-24(20)27)31-16-22-18-32(19-23(22)17-31)29(33)26-13-6-5-12-25(26)21-9-3-2-4-10-21/h2-15,22-23H,16-19H2,1H3. The summed E-state index contributed by atoms with van der Waals surface area (Å²) in [7, 11) is 0. The lowest BCUT2D eigenvalue weighted by molar-refractivity contribution is 0.0783. The maximum atomic E-state index is 13.5. The van der Waals surface area contributed by atoms with Crippen molar-refractivity contribution in [1.29, 1.82) is 0 Å². The van der Waals surface area contributed by atoms with Gasteiger partial charge in [0.05, 0.1) is 5.52 Å². The monoisotopic (exact) mass is 433 g/mol. The Hall–Kier alpha value is -3.66. The van der Waals surface area contributed by atoms with Crippen LogP contribution in [0.5, 0.6) is 0 Å². The van der Waals surface area contributed by atoms with Crippen LogP contribution in [0.4, 0.5) is 5.82 Å². The SMILES string of the molecule is Cc1cc(N2CC3CN(C(=O)c4ccccc4-c4ccccc4)CC3C2)nc2ccccc12. The van der Waals surface area contributed by atoms with Gasteiger partial charge >= 0.3 is 0 Å². The largest absolute Gasteiger partial charge is 0.356 e. The van der Waals surface area contributed by atoms with Crippen LogP contribution in [0, 0.1) is 18.8 Å². The van der Waals surface area contributed by atoms with Crippen molar-refractivity contribution in [2.45, 2.75) is 6.92 Å². The lowest BCUT2D eigenvalue weighted by Crippen LogP contribution is -2.33. The number of fused-ring (bicyclic) bond motifs is 2. The second kappa shape index (κ2) is 8.04. The molecule has 2 saturated heterocycles. The van der Waals surface area contributed by atoms with Crippen LogP contribution in [0.1, 0.15) is 15.9 Å². The van der Waals surface area contributed by atoms with Crippen molar-refractivity contribution in [2.75, 3.05) is 31.1 Å². The number of benzene rings is 3. The number of pyridine rings is 1. The number of para-hydroxylation sites is 1. The van der Waals surface area contributed by atoms with Crippen molar-refractivity contribution in [3.05, 3.63) is 96.1 Å². The van der Waals surface area contributed by atoms with E-state index in [0.717, 1.165) is 54.2 Å². The molecule has 0 N–H and O–H groups in total. The topological polar surface area (TPSA) is 36.4 Å². The molecule has 0 bridgehead atoms. The lowest BCUT2D eigenvalue weighted by Gasteiger charge is -2.24. The summed E-state index contributed by atoms with van der Waals surface area (Å²) >= 11 is 0. The number of anilines is 1. The average molecular weight is 434 g/mol. The summed E-state index contributed by atoms with van der Waals surface area (Å²) in [6.45, 7) is 5.71. The summed E-state index contributed by atoms with van der Waals surface area (Å²) in [4.78, 5) is 22.9. The van der Waals surface area contributed by atoms with Crippen LogP contribution in [0.3, 0.4) is 0 Å². The Morgan fingerprint density at radius 2 is 1.48 bits per heavy atom. The highest BCUT2D eigenvalue weighted by atomic mass is 16.2. The highest BCUT2D eigenvalue weighted by Crippen LogP contribution is 2.36. The summed E-state index contributed by atoms with van der Waals surface area (Å²) in [5, 5.41) is 1.22. The Balaban J connectivity index is 1.20. The van der Waals surface area contributed by atoms with Gasteiger partial charge in [-0.05, 0) is 41.8 Å². The summed E-state index contributed by atoms with van der Waals surface area (Å²) in [6.07, 6.45) is 0. The molecule has 4 nitrogen and oxygen atoms in total. The van der Waals surface area contributed by atoms with E-state index in [9.17, 15) is 4.79 Å². The van der Waals surface area contributed by atoms with E-state index in [1.165, 1.54) is 10.9 Å². The summed E-state index contributed by atoms with van der Waals surface area (Å²) < 4.78 is 0. The second-order valence-corrected chi connectivity index (χ2v) is 9.36. The van der Waals surface area contributed by atoms with Crippen LogP contribution in [0.15, 0.2) is 84.9 Å². The summed E-state index contributed by atoms with van der Waals surface area (Å²) in [6, 6.07) is 28.7. The molecule has 6 rings (SSSR count). The zero-order chi connectivity index (χ0) is 22.4. The van der Waals surface area contributed by atoms with E-state index in [-0.39, 0.29) is 5.91 Å². The van der Waals surface area contributed by atoms with Gasteiger partial charge in [0.1, 0.15) is 5.82 Å². The Bertz CT molecular complexity index is 1320. The third-order valence-electron chi connectivity index (χ3n) is 7.25. The molecular weight excluding hydrogens is 406 g/mol. The van der Waals surface area contributed by atoms with Gasteiger partial charge in [-0.2, -0.15) is 0 Å². The van der Waals surface area contributed by atoms with Gasteiger partial charge in [0.25, 0.3) is 5.91 Å². The molecule has 1 aromatic heterocycles. The third kappa shape index (κ3) is 3.56. The van der Waals surface area contributed by atoms with Gasteiger partial charge < -0.3 is 9.80 Å². The van der Waals surface area contributed by atoms with Gasteiger partial charge in [0.15, 0.2) is 0 Å². The first kappa shape index (κ1) is 20.0. The molecule has 2 fully saturated rings.